The van der Waals surface area contributed by atoms with Crippen LogP contribution in [-0.2, 0) is 16.9 Å². The Hall–Kier alpha value is -4.00. The second-order valence-electron chi connectivity index (χ2n) is 7.39. The summed E-state index contributed by atoms with van der Waals surface area (Å²) < 4.78 is 5.27. The summed E-state index contributed by atoms with van der Waals surface area (Å²) in [5.41, 5.74) is 0.354. The number of benzene rings is 3. The molecule has 1 N–H and O–H groups in total. The van der Waals surface area contributed by atoms with Gasteiger partial charge in [0.25, 0.3) is 5.91 Å². The lowest BCUT2D eigenvalue weighted by Crippen LogP contribution is -2.40. The summed E-state index contributed by atoms with van der Waals surface area (Å²) >= 11 is 0. The highest BCUT2D eigenvalue weighted by Crippen LogP contribution is 2.31. The molecule has 1 saturated heterocycles. The highest BCUT2D eigenvalue weighted by molar-refractivity contribution is 6.07. The molecule has 5 rings (SSSR count). The fraction of sp³-hybridized carbons (Fsp3) is 0.130. The Labute approximate surface area is 172 Å². The van der Waals surface area contributed by atoms with E-state index in [1.54, 1.807) is 6.92 Å². The molecule has 148 valence electrons. The van der Waals surface area contributed by atoms with Crippen molar-refractivity contribution >= 4 is 22.7 Å². The van der Waals surface area contributed by atoms with E-state index >= 15 is 0 Å². The van der Waals surface area contributed by atoms with Gasteiger partial charge in [-0.3, -0.25) is 9.69 Å². The van der Waals surface area contributed by atoms with Crippen LogP contribution in [0.2, 0.25) is 0 Å². The summed E-state index contributed by atoms with van der Waals surface area (Å²) in [6.07, 6.45) is 0. The molecule has 0 spiro atoms. The Balaban J connectivity index is 1.42. The molecule has 7 nitrogen and oxygen atoms in total. The van der Waals surface area contributed by atoms with E-state index in [2.05, 4.69) is 15.5 Å². The van der Waals surface area contributed by atoms with Gasteiger partial charge in [0.05, 0.1) is 0 Å². The Morgan fingerprint density at radius 2 is 1.70 bits per heavy atom. The standard InChI is InChI=1S/C23H18N4O3/c1-23(18-12-11-15-7-5-6-10-17(15)13-18)21(28)27(22(29)25-23)14-19-24-20(26-30-19)16-8-3-2-4-9-16/h2-13H,14H2,1H3,(H,25,29)/t23-/m1/s1. The number of aromatic nitrogens is 2. The lowest BCUT2D eigenvalue weighted by molar-refractivity contribution is -0.131. The third-order valence-corrected chi connectivity index (χ3v) is 5.40. The predicted molar refractivity (Wildman–Crippen MR) is 110 cm³/mol. The molecule has 7 heteroatoms. The fourth-order valence-corrected chi connectivity index (χ4v) is 3.70. The smallest absolute Gasteiger partial charge is 0.325 e. The molecule has 0 aliphatic carbocycles. The first-order chi connectivity index (χ1) is 14.5. The van der Waals surface area contributed by atoms with Crippen LogP contribution >= 0.6 is 0 Å². The van der Waals surface area contributed by atoms with Crippen molar-refractivity contribution < 1.29 is 14.1 Å². The SMILES string of the molecule is C[C@]1(c2ccc3ccccc3c2)NC(=O)N(Cc2nc(-c3ccccc3)no2)C1=O. The first kappa shape index (κ1) is 18.1. The normalized spacial score (nSPS) is 18.8. The number of rotatable bonds is 4. The van der Waals surface area contributed by atoms with Crippen molar-refractivity contribution in [3.8, 4) is 11.4 Å². The van der Waals surface area contributed by atoms with E-state index in [4.69, 9.17) is 4.52 Å². The first-order valence-electron chi connectivity index (χ1n) is 9.56. The number of hydrogen-bond acceptors (Lipinski definition) is 5. The molecule has 3 aromatic carbocycles. The molecule has 3 amide bonds. The molecule has 30 heavy (non-hydrogen) atoms. The van der Waals surface area contributed by atoms with Gasteiger partial charge in [-0.05, 0) is 29.3 Å². The first-order valence-corrected chi connectivity index (χ1v) is 9.56. The second kappa shape index (κ2) is 6.81. The Morgan fingerprint density at radius 3 is 2.50 bits per heavy atom. The fourth-order valence-electron chi connectivity index (χ4n) is 3.70. The minimum atomic E-state index is -1.16. The molecule has 1 aliphatic heterocycles. The molecule has 0 radical (unpaired) electrons. The van der Waals surface area contributed by atoms with E-state index in [9.17, 15) is 9.59 Å². The maximum atomic E-state index is 13.2. The minimum absolute atomic E-state index is 0.0896. The molecule has 4 aromatic rings. The maximum Gasteiger partial charge on any atom is 0.325 e. The van der Waals surface area contributed by atoms with Crippen LogP contribution in [0.25, 0.3) is 22.2 Å². The van der Waals surface area contributed by atoms with Crippen LogP contribution in [0, 0.1) is 0 Å². The number of nitrogens with zero attached hydrogens (tertiary/aromatic N) is 3. The lowest BCUT2D eigenvalue weighted by Gasteiger charge is -2.22. The average Bonchev–Trinajstić information content (AvgIpc) is 3.33. The zero-order chi connectivity index (χ0) is 20.7. The van der Waals surface area contributed by atoms with Crippen molar-refractivity contribution in [3.63, 3.8) is 0 Å². The number of urea groups is 1. The van der Waals surface area contributed by atoms with Crippen LogP contribution < -0.4 is 5.32 Å². The summed E-state index contributed by atoms with van der Waals surface area (Å²) in [6.45, 7) is 1.62. The van der Waals surface area contributed by atoms with Gasteiger partial charge >= 0.3 is 6.03 Å². The molecular formula is C23H18N4O3. The van der Waals surface area contributed by atoms with Crippen LogP contribution in [0.3, 0.4) is 0 Å². The van der Waals surface area contributed by atoms with Crippen LogP contribution in [0.15, 0.2) is 77.3 Å². The molecule has 1 aromatic heterocycles. The van der Waals surface area contributed by atoms with Gasteiger partial charge in [-0.25, -0.2) is 4.79 Å². The van der Waals surface area contributed by atoms with E-state index in [0.717, 1.165) is 26.8 Å². The number of nitrogens with one attached hydrogen (secondary N) is 1. The summed E-state index contributed by atoms with van der Waals surface area (Å²) in [4.78, 5) is 31.3. The zero-order valence-electron chi connectivity index (χ0n) is 16.2. The van der Waals surface area contributed by atoms with E-state index in [1.165, 1.54) is 0 Å². The van der Waals surface area contributed by atoms with Crippen molar-refractivity contribution in [1.82, 2.24) is 20.4 Å². The van der Waals surface area contributed by atoms with Crippen molar-refractivity contribution in [3.05, 3.63) is 84.3 Å². The minimum Gasteiger partial charge on any atom is -0.337 e. The molecule has 1 atom stereocenters. The van der Waals surface area contributed by atoms with Crippen LogP contribution in [0.1, 0.15) is 18.4 Å². The maximum absolute atomic E-state index is 13.2. The highest BCUT2D eigenvalue weighted by Gasteiger charge is 2.49. The van der Waals surface area contributed by atoms with Gasteiger partial charge in [-0.2, -0.15) is 4.98 Å². The Morgan fingerprint density at radius 1 is 0.967 bits per heavy atom. The summed E-state index contributed by atoms with van der Waals surface area (Å²) in [6, 6.07) is 22.5. The highest BCUT2D eigenvalue weighted by atomic mass is 16.5. The van der Waals surface area contributed by atoms with E-state index in [1.807, 2.05) is 72.8 Å². The Bertz CT molecular complexity index is 1270. The molecule has 1 aliphatic rings. The number of carbonyl (C=O) groups is 2. The zero-order valence-corrected chi connectivity index (χ0v) is 16.2. The van der Waals surface area contributed by atoms with E-state index < -0.39 is 11.6 Å². The topological polar surface area (TPSA) is 88.3 Å². The van der Waals surface area contributed by atoms with Crippen molar-refractivity contribution in [2.75, 3.05) is 0 Å². The number of fused-ring (bicyclic) bond motifs is 1. The van der Waals surface area contributed by atoms with E-state index in [-0.39, 0.29) is 18.3 Å². The van der Waals surface area contributed by atoms with Gasteiger partial charge in [0.1, 0.15) is 12.1 Å². The molecule has 0 unspecified atom stereocenters. The van der Waals surface area contributed by atoms with Gasteiger partial charge in [-0.15, -0.1) is 0 Å². The van der Waals surface area contributed by atoms with Gasteiger partial charge in [-0.1, -0.05) is 71.9 Å². The quantitative estimate of drug-likeness (QED) is 0.528. The number of amides is 3. The largest absolute Gasteiger partial charge is 0.337 e. The monoisotopic (exact) mass is 398 g/mol. The lowest BCUT2D eigenvalue weighted by atomic mass is 9.90. The van der Waals surface area contributed by atoms with Crippen molar-refractivity contribution in [2.24, 2.45) is 0 Å². The van der Waals surface area contributed by atoms with Crippen LogP contribution in [0.4, 0.5) is 4.79 Å². The van der Waals surface area contributed by atoms with Gasteiger partial charge < -0.3 is 9.84 Å². The Kier molecular flexibility index (Phi) is 4.10. The van der Waals surface area contributed by atoms with Crippen molar-refractivity contribution in [1.29, 1.82) is 0 Å². The number of carbonyl (C=O) groups excluding carboxylic acids is 2. The molecule has 2 heterocycles. The average molecular weight is 398 g/mol. The molecular weight excluding hydrogens is 380 g/mol. The van der Waals surface area contributed by atoms with Gasteiger partial charge in [0.15, 0.2) is 0 Å². The molecule has 1 fully saturated rings. The van der Waals surface area contributed by atoms with Gasteiger partial charge in [0.2, 0.25) is 11.7 Å². The number of imide groups is 1. The van der Waals surface area contributed by atoms with E-state index in [0.29, 0.717) is 5.82 Å². The summed E-state index contributed by atoms with van der Waals surface area (Å²) in [7, 11) is 0. The second-order valence-corrected chi connectivity index (χ2v) is 7.39. The molecule has 0 bridgehead atoms. The summed E-state index contributed by atoms with van der Waals surface area (Å²) in [5, 5.41) is 8.84. The number of hydrogen-bond donors (Lipinski definition) is 1. The van der Waals surface area contributed by atoms with Crippen LogP contribution in [0.5, 0.6) is 0 Å². The third-order valence-electron chi connectivity index (χ3n) is 5.40. The third kappa shape index (κ3) is 2.91. The summed E-state index contributed by atoms with van der Waals surface area (Å²) in [5.74, 6) is 0.248. The predicted octanol–water partition coefficient (Wildman–Crippen LogP) is 3.86. The van der Waals surface area contributed by atoms with Crippen molar-refractivity contribution in [2.45, 2.75) is 19.0 Å². The van der Waals surface area contributed by atoms with Gasteiger partial charge in [0, 0.05) is 5.56 Å². The molecule has 0 saturated carbocycles. The van der Waals surface area contributed by atoms with Crippen LogP contribution in [-0.4, -0.2) is 27.0 Å².